The van der Waals surface area contributed by atoms with E-state index in [1.165, 1.54) is 0 Å². The minimum absolute atomic E-state index is 0.0262. The summed E-state index contributed by atoms with van der Waals surface area (Å²) in [5.41, 5.74) is 1.67. The normalized spacial score (nSPS) is 16.1. The molecule has 1 heterocycles. The van der Waals surface area contributed by atoms with Gasteiger partial charge >= 0.3 is 12.1 Å². The van der Waals surface area contributed by atoms with E-state index in [1.54, 1.807) is 19.1 Å². The van der Waals surface area contributed by atoms with Crippen molar-refractivity contribution in [2.45, 2.75) is 58.7 Å². The third kappa shape index (κ3) is 5.92. The van der Waals surface area contributed by atoms with Crippen LogP contribution in [0.3, 0.4) is 0 Å². The smallest absolute Gasteiger partial charge is 0.318 e. The second kappa shape index (κ2) is 9.24. The molecule has 1 aliphatic rings. The van der Waals surface area contributed by atoms with Crippen molar-refractivity contribution in [2.24, 2.45) is 0 Å². The van der Waals surface area contributed by atoms with E-state index in [-0.39, 0.29) is 29.7 Å². The van der Waals surface area contributed by atoms with Gasteiger partial charge in [0.25, 0.3) is 0 Å². The average molecular weight is 407 g/mol. The average Bonchev–Trinajstić information content (AvgIpc) is 2.62. The molecule has 8 nitrogen and oxygen atoms in total. The van der Waals surface area contributed by atoms with Gasteiger partial charge in [0.15, 0.2) is 11.5 Å². The van der Waals surface area contributed by atoms with Gasteiger partial charge in [-0.1, -0.05) is 0 Å². The van der Waals surface area contributed by atoms with Crippen molar-refractivity contribution in [1.29, 1.82) is 0 Å². The maximum atomic E-state index is 13.0. The summed E-state index contributed by atoms with van der Waals surface area (Å²) in [6.45, 7) is 10.5. The number of nitrogens with one attached hydrogen (secondary N) is 3. The highest BCUT2D eigenvalue weighted by molar-refractivity contribution is 5.77. The summed E-state index contributed by atoms with van der Waals surface area (Å²) in [6.07, 6.45) is 0.696. The molecule has 0 aliphatic carbocycles. The van der Waals surface area contributed by atoms with Gasteiger partial charge in [0, 0.05) is 24.7 Å². The number of benzene rings is 1. The summed E-state index contributed by atoms with van der Waals surface area (Å²) in [4.78, 5) is 26.9. The fourth-order valence-electron chi connectivity index (χ4n) is 3.39. The highest BCUT2D eigenvalue weighted by Gasteiger charge is 2.33. The van der Waals surface area contributed by atoms with Gasteiger partial charge in [-0.25, -0.2) is 9.59 Å². The Morgan fingerprint density at radius 3 is 2.34 bits per heavy atom. The maximum Gasteiger partial charge on any atom is 0.318 e. The van der Waals surface area contributed by atoms with Gasteiger partial charge < -0.3 is 30.3 Å². The first-order valence-corrected chi connectivity index (χ1v) is 9.93. The van der Waals surface area contributed by atoms with Gasteiger partial charge in [-0.3, -0.25) is 0 Å². The number of carbonyl (C=O) groups excluding carboxylic acids is 2. The first-order chi connectivity index (χ1) is 13.6. The molecule has 0 saturated heterocycles. The monoisotopic (exact) mass is 406 g/mol. The molecule has 29 heavy (non-hydrogen) atoms. The summed E-state index contributed by atoms with van der Waals surface area (Å²) >= 11 is 0. The SMILES string of the molecule is COc1cc2c(cc1OC)[C@H](CNC(=O)NC(C)C)N(C(=O)NC(C)(C)C)CC2. The molecule has 3 N–H and O–H groups in total. The summed E-state index contributed by atoms with van der Waals surface area (Å²) < 4.78 is 10.9. The number of fused-ring (bicyclic) bond motifs is 1. The Hall–Kier alpha value is -2.64. The minimum Gasteiger partial charge on any atom is -0.493 e. The van der Waals surface area contributed by atoms with E-state index in [1.807, 2.05) is 46.8 Å². The molecule has 0 saturated carbocycles. The zero-order chi connectivity index (χ0) is 21.8. The van der Waals surface area contributed by atoms with Crippen LogP contribution < -0.4 is 25.4 Å². The summed E-state index contributed by atoms with van der Waals surface area (Å²) in [5, 5.41) is 8.73. The molecule has 1 aromatic carbocycles. The lowest BCUT2D eigenvalue weighted by Gasteiger charge is -2.39. The zero-order valence-electron chi connectivity index (χ0n) is 18.5. The summed E-state index contributed by atoms with van der Waals surface area (Å²) in [5.74, 6) is 1.25. The molecule has 0 bridgehead atoms. The fraction of sp³-hybridized carbons (Fsp3) is 0.619. The molecule has 0 fully saturated rings. The Bertz CT molecular complexity index is 743. The lowest BCUT2D eigenvalue weighted by atomic mass is 9.91. The number of nitrogens with zero attached hydrogens (tertiary/aromatic N) is 1. The van der Waals surface area contributed by atoms with Crippen LogP contribution in [0.1, 0.15) is 51.8 Å². The fourth-order valence-corrected chi connectivity index (χ4v) is 3.39. The molecule has 4 amide bonds. The van der Waals surface area contributed by atoms with Crippen molar-refractivity contribution in [3.63, 3.8) is 0 Å². The molecule has 0 radical (unpaired) electrons. The highest BCUT2D eigenvalue weighted by atomic mass is 16.5. The molecule has 1 aromatic rings. The van der Waals surface area contributed by atoms with Crippen LogP contribution in [0.5, 0.6) is 11.5 Å². The van der Waals surface area contributed by atoms with Gasteiger partial charge in [0.05, 0.1) is 20.3 Å². The van der Waals surface area contributed by atoms with Crippen molar-refractivity contribution in [3.8, 4) is 11.5 Å². The lowest BCUT2D eigenvalue weighted by Crippen LogP contribution is -2.54. The minimum atomic E-state index is -0.359. The molecule has 2 rings (SSSR count). The lowest BCUT2D eigenvalue weighted by molar-refractivity contribution is 0.159. The van der Waals surface area contributed by atoms with Crippen molar-refractivity contribution < 1.29 is 19.1 Å². The first kappa shape index (κ1) is 22.6. The Kier molecular flexibility index (Phi) is 7.21. The molecule has 8 heteroatoms. The van der Waals surface area contributed by atoms with Crippen LogP contribution in [-0.4, -0.2) is 55.9 Å². The maximum absolute atomic E-state index is 13.0. The van der Waals surface area contributed by atoms with E-state index in [9.17, 15) is 9.59 Å². The molecular formula is C21H34N4O4. The molecule has 0 unspecified atom stereocenters. The second-order valence-electron chi connectivity index (χ2n) is 8.55. The van der Waals surface area contributed by atoms with Gasteiger partial charge in [0.1, 0.15) is 0 Å². The number of urea groups is 2. The number of ether oxygens (including phenoxy) is 2. The van der Waals surface area contributed by atoms with Crippen molar-refractivity contribution >= 4 is 12.1 Å². The number of rotatable bonds is 5. The van der Waals surface area contributed by atoms with Crippen molar-refractivity contribution in [2.75, 3.05) is 27.3 Å². The van der Waals surface area contributed by atoms with Crippen LogP contribution in [0.25, 0.3) is 0 Å². The van der Waals surface area contributed by atoms with E-state index < -0.39 is 0 Å². The Labute approximate surface area is 173 Å². The highest BCUT2D eigenvalue weighted by Crippen LogP contribution is 2.38. The summed E-state index contributed by atoms with van der Waals surface area (Å²) in [7, 11) is 3.19. The number of methoxy groups -OCH3 is 2. The molecule has 1 aliphatic heterocycles. The largest absolute Gasteiger partial charge is 0.493 e. The Balaban J connectivity index is 2.36. The van der Waals surface area contributed by atoms with Crippen molar-refractivity contribution in [1.82, 2.24) is 20.9 Å². The van der Waals surface area contributed by atoms with Crippen LogP contribution in [0, 0.1) is 0 Å². The quantitative estimate of drug-likeness (QED) is 0.701. The predicted octanol–water partition coefficient (Wildman–Crippen LogP) is 2.82. The van der Waals surface area contributed by atoms with Crippen LogP contribution in [-0.2, 0) is 6.42 Å². The molecule has 0 aromatic heterocycles. The molecule has 0 spiro atoms. The van der Waals surface area contributed by atoms with E-state index in [0.29, 0.717) is 31.0 Å². The third-order valence-corrected chi connectivity index (χ3v) is 4.62. The standard InChI is InChI=1S/C21H34N4O4/c1-13(2)23-19(26)22-12-16-15-11-18(29-7)17(28-6)10-14(15)8-9-25(16)20(27)24-21(3,4)5/h10-11,13,16H,8-9,12H2,1-7H3,(H,24,27)(H2,22,23,26)/t16-/m0/s1. The number of hydrogen-bond acceptors (Lipinski definition) is 4. The molecular weight excluding hydrogens is 372 g/mol. The van der Waals surface area contributed by atoms with E-state index in [4.69, 9.17) is 9.47 Å². The second-order valence-corrected chi connectivity index (χ2v) is 8.55. The van der Waals surface area contributed by atoms with Gasteiger partial charge in [0.2, 0.25) is 0 Å². The zero-order valence-corrected chi connectivity index (χ0v) is 18.5. The topological polar surface area (TPSA) is 91.9 Å². The van der Waals surface area contributed by atoms with Gasteiger partial charge in [-0.05, 0) is 64.3 Å². The molecule has 162 valence electrons. The Morgan fingerprint density at radius 1 is 1.17 bits per heavy atom. The van der Waals surface area contributed by atoms with E-state index in [0.717, 1.165) is 11.1 Å². The van der Waals surface area contributed by atoms with Gasteiger partial charge in [-0.2, -0.15) is 0 Å². The van der Waals surface area contributed by atoms with Crippen LogP contribution in [0.15, 0.2) is 12.1 Å². The van der Waals surface area contributed by atoms with E-state index in [2.05, 4.69) is 16.0 Å². The first-order valence-electron chi connectivity index (χ1n) is 9.93. The molecule has 1 atom stereocenters. The van der Waals surface area contributed by atoms with E-state index >= 15 is 0 Å². The summed E-state index contributed by atoms with van der Waals surface area (Å²) in [6, 6.07) is 3.14. The van der Waals surface area contributed by atoms with Crippen LogP contribution in [0.2, 0.25) is 0 Å². The number of hydrogen-bond donors (Lipinski definition) is 3. The predicted molar refractivity (Wildman–Crippen MR) is 113 cm³/mol. The third-order valence-electron chi connectivity index (χ3n) is 4.62. The van der Waals surface area contributed by atoms with Crippen LogP contribution in [0.4, 0.5) is 9.59 Å². The van der Waals surface area contributed by atoms with Crippen molar-refractivity contribution in [3.05, 3.63) is 23.3 Å². The number of amides is 4. The van der Waals surface area contributed by atoms with Crippen LogP contribution >= 0.6 is 0 Å². The number of carbonyl (C=O) groups is 2. The Morgan fingerprint density at radius 2 is 1.79 bits per heavy atom. The van der Waals surface area contributed by atoms with Gasteiger partial charge in [-0.15, -0.1) is 0 Å².